The van der Waals surface area contributed by atoms with Crippen LogP contribution in [0.5, 0.6) is 0 Å². The Kier molecular flexibility index (Phi) is 5.21. The molecule has 1 aliphatic carbocycles. The zero-order valence-electron chi connectivity index (χ0n) is 9.66. The van der Waals surface area contributed by atoms with Crippen LogP contribution >= 0.6 is 0 Å². The summed E-state index contributed by atoms with van der Waals surface area (Å²) >= 11 is 0. The maximum atomic E-state index is 11.4. The molecule has 0 aromatic rings. The number of amides is 1. The van der Waals surface area contributed by atoms with Gasteiger partial charge in [-0.2, -0.15) is 0 Å². The van der Waals surface area contributed by atoms with E-state index in [-0.39, 0.29) is 12.5 Å². The van der Waals surface area contributed by atoms with Gasteiger partial charge in [-0.25, -0.2) is 13.1 Å². The first-order valence-corrected chi connectivity index (χ1v) is 7.58. The number of carbonyl (C=O) groups excluding carboxylic acids is 1. The lowest BCUT2D eigenvalue weighted by Crippen LogP contribution is -2.34. The molecule has 0 aromatic carbocycles. The molecule has 2 N–H and O–H groups in total. The fourth-order valence-corrected chi connectivity index (χ4v) is 2.46. The second kappa shape index (κ2) is 6.20. The van der Waals surface area contributed by atoms with E-state index in [9.17, 15) is 13.2 Å². The van der Waals surface area contributed by atoms with Crippen molar-refractivity contribution >= 4 is 15.9 Å². The molecule has 0 aliphatic heterocycles. The van der Waals surface area contributed by atoms with Crippen molar-refractivity contribution in [3.8, 4) is 0 Å². The number of hydrogen-bond donors (Lipinski definition) is 2. The number of nitrogens with one attached hydrogen (secondary N) is 2. The largest absolute Gasteiger partial charge is 0.355 e. The summed E-state index contributed by atoms with van der Waals surface area (Å²) in [4.78, 5) is 11.4. The lowest BCUT2D eigenvalue weighted by atomic mass is 10.0. The van der Waals surface area contributed by atoms with Crippen molar-refractivity contribution in [2.45, 2.75) is 32.1 Å². The highest BCUT2D eigenvalue weighted by molar-refractivity contribution is 7.88. The van der Waals surface area contributed by atoms with E-state index in [0.717, 1.165) is 19.1 Å². The second-order valence-corrected chi connectivity index (χ2v) is 6.20. The van der Waals surface area contributed by atoms with Gasteiger partial charge in [-0.15, -0.1) is 0 Å². The third kappa shape index (κ3) is 6.07. The topological polar surface area (TPSA) is 75.3 Å². The van der Waals surface area contributed by atoms with Gasteiger partial charge in [0.2, 0.25) is 15.9 Å². The maximum absolute atomic E-state index is 11.4. The molecule has 0 saturated heterocycles. The third-order valence-corrected chi connectivity index (χ3v) is 3.49. The third-order valence-electron chi connectivity index (χ3n) is 2.76. The molecule has 1 saturated carbocycles. The van der Waals surface area contributed by atoms with Crippen LogP contribution in [-0.2, 0) is 14.8 Å². The highest BCUT2D eigenvalue weighted by Crippen LogP contribution is 2.27. The van der Waals surface area contributed by atoms with Gasteiger partial charge in [-0.3, -0.25) is 4.79 Å². The van der Waals surface area contributed by atoms with E-state index in [1.807, 2.05) is 0 Å². The molecule has 0 atom stereocenters. The molecule has 6 heteroatoms. The van der Waals surface area contributed by atoms with Crippen LogP contribution in [0.3, 0.4) is 0 Å². The molecule has 1 amide bonds. The van der Waals surface area contributed by atoms with Crippen LogP contribution in [0.1, 0.15) is 32.1 Å². The summed E-state index contributed by atoms with van der Waals surface area (Å²) in [6, 6.07) is 0. The van der Waals surface area contributed by atoms with Crippen molar-refractivity contribution in [2.75, 3.05) is 19.3 Å². The molecule has 94 valence electrons. The smallest absolute Gasteiger partial charge is 0.220 e. The second-order valence-electron chi connectivity index (χ2n) is 4.37. The average Bonchev–Trinajstić information content (AvgIpc) is 2.63. The Morgan fingerprint density at radius 3 is 2.44 bits per heavy atom. The normalized spacial score (nSPS) is 17.6. The van der Waals surface area contributed by atoms with Crippen LogP contribution < -0.4 is 10.0 Å². The van der Waals surface area contributed by atoms with E-state index < -0.39 is 10.0 Å². The summed E-state index contributed by atoms with van der Waals surface area (Å²) in [6.07, 6.45) is 6.44. The summed E-state index contributed by atoms with van der Waals surface area (Å²) < 4.78 is 23.8. The predicted octanol–water partition coefficient (Wildman–Crippen LogP) is 0.232. The fraction of sp³-hybridized carbons (Fsp3) is 0.900. The lowest BCUT2D eigenvalue weighted by Gasteiger charge is -2.09. The van der Waals surface area contributed by atoms with E-state index >= 15 is 0 Å². The van der Waals surface area contributed by atoms with Crippen LogP contribution in [-0.4, -0.2) is 33.7 Å². The van der Waals surface area contributed by atoms with Crippen molar-refractivity contribution in [3.63, 3.8) is 0 Å². The van der Waals surface area contributed by atoms with Crippen molar-refractivity contribution in [3.05, 3.63) is 0 Å². The Labute approximate surface area is 97.0 Å². The van der Waals surface area contributed by atoms with Crippen LogP contribution in [0.4, 0.5) is 0 Å². The number of carbonyl (C=O) groups is 1. The van der Waals surface area contributed by atoms with Crippen molar-refractivity contribution in [2.24, 2.45) is 5.92 Å². The van der Waals surface area contributed by atoms with Crippen LogP contribution in [0.25, 0.3) is 0 Å². The Bertz CT molecular complexity index is 321. The molecule has 0 bridgehead atoms. The van der Waals surface area contributed by atoms with Crippen LogP contribution in [0.2, 0.25) is 0 Å². The van der Waals surface area contributed by atoms with E-state index in [4.69, 9.17) is 0 Å². The first-order chi connectivity index (χ1) is 7.47. The van der Waals surface area contributed by atoms with Crippen LogP contribution in [0, 0.1) is 5.92 Å². The van der Waals surface area contributed by atoms with Crippen LogP contribution in [0.15, 0.2) is 0 Å². The predicted molar refractivity (Wildman–Crippen MR) is 62.4 cm³/mol. The molecule has 16 heavy (non-hydrogen) atoms. The molecule has 0 aromatic heterocycles. The van der Waals surface area contributed by atoms with Gasteiger partial charge in [0.15, 0.2) is 0 Å². The van der Waals surface area contributed by atoms with Gasteiger partial charge in [0.05, 0.1) is 6.26 Å². The molecule has 0 spiro atoms. The summed E-state index contributed by atoms with van der Waals surface area (Å²) in [5.74, 6) is 0.560. The molecule has 1 fully saturated rings. The van der Waals surface area contributed by atoms with Crippen molar-refractivity contribution in [1.82, 2.24) is 10.0 Å². The molecule has 5 nitrogen and oxygen atoms in total. The Morgan fingerprint density at radius 1 is 1.25 bits per heavy atom. The minimum absolute atomic E-state index is 0.0298. The van der Waals surface area contributed by atoms with Gasteiger partial charge >= 0.3 is 0 Å². The van der Waals surface area contributed by atoms with Gasteiger partial charge in [0.1, 0.15) is 0 Å². The molecular formula is C10H20N2O3S. The minimum Gasteiger partial charge on any atom is -0.355 e. The SMILES string of the molecule is CS(=O)(=O)NCCNC(=O)CC1CCCC1. The molecule has 1 aliphatic rings. The zero-order valence-corrected chi connectivity index (χ0v) is 10.5. The van der Waals surface area contributed by atoms with E-state index in [1.165, 1.54) is 12.8 Å². The quantitative estimate of drug-likeness (QED) is 0.661. The standard InChI is InChI=1S/C10H20N2O3S/c1-16(14,15)12-7-6-11-10(13)8-9-4-2-3-5-9/h9,12H,2-8H2,1H3,(H,11,13). The average molecular weight is 248 g/mol. The lowest BCUT2D eigenvalue weighted by molar-refractivity contribution is -0.121. The van der Waals surface area contributed by atoms with E-state index in [0.29, 0.717) is 18.9 Å². The fourth-order valence-electron chi connectivity index (χ4n) is 1.99. The zero-order chi connectivity index (χ0) is 12.0. The molecule has 0 unspecified atom stereocenters. The monoisotopic (exact) mass is 248 g/mol. The van der Waals surface area contributed by atoms with Gasteiger partial charge < -0.3 is 5.32 Å². The summed E-state index contributed by atoms with van der Waals surface area (Å²) in [5, 5.41) is 2.72. The minimum atomic E-state index is -3.15. The Balaban J connectivity index is 2.06. The molecule has 0 heterocycles. The van der Waals surface area contributed by atoms with Crippen molar-refractivity contribution in [1.29, 1.82) is 0 Å². The van der Waals surface area contributed by atoms with Gasteiger partial charge in [-0.05, 0) is 18.8 Å². The summed E-state index contributed by atoms with van der Waals surface area (Å²) in [6.45, 7) is 0.619. The van der Waals surface area contributed by atoms with E-state index in [1.54, 1.807) is 0 Å². The Morgan fingerprint density at radius 2 is 1.88 bits per heavy atom. The van der Waals surface area contributed by atoms with E-state index in [2.05, 4.69) is 10.0 Å². The molecular weight excluding hydrogens is 228 g/mol. The summed E-state index contributed by atoms with van der Waals surface area (Å²) in [7, 11) is -3.15. The van der Waals surface area contributed by atoms with Gasteiger partial charge in [-0.1, -0.05) is 12.8 Å². The van der Waals surface area contributed by atoms with Gasteiger partial charge in [0.25, 0.3) is 0 Å². The highest BCUT2D eigenvalue weighted by atomic mass is 32.2. The Hall–Kier alpha value is -0.620. The van der Waals surface area contributed by atoms with Gasteiger partial charge in [0, 0.05) is 19.5 Å². The first kappa shape index (κ1) is 13.4. The molecule has 1 rings (SSSR count). The summed E-state index contributed by atoms with van der Waals surface area (Å²) in [5.41, 5.74) is 0. The first-order valence-electron chi connectivity index (χ1n) is 5.69. The highest BCUT2D eigenvalue weighted by Gasteiger charge is 2.17. The number of rotatable bonds is 6. The maximum Gasteiger partial charge on any atom is 0.220 e. The number of hydrogen-bond acceptors (Lipinski definition) is 3. The number of sulfonamides is 1. The van der Waals surface area contributed by atoms with Crippen molar-refractivity contribution < 1.29 is 13.2 Å². The molecule has 0 radical (unpaired) electrons.